The lowest BCUT2D eigenvalue weighted by molar-refractivity contribution is -0.141. The van der Waals surface area contributed by atoms with Gasteiger partial charge >= 0.3 is 5.97 Å². The van der Waals surface area contributed by atoms with Crippen LogP contribution in [-0.4, -0.2) is 35.5 Å². The van der Waals surface area contributed by atoms with E-state index in [2.05, 4.69) is 0 Å². The summed E-state index contributed by atoms with van der Waals surface area (Å²) < 4.78 is 27.1. The van der Waals surface area contributed by atoms with Gasteiger partial charge in [-0.2, -0.15) is 0 Å². The minimum Gasteiger partial charge on any atom is -0.481 e. The van der Waals surface area contributed by atoms with Crippen LogP contribution in [0.5, 0.6) is 0 Å². The molecule has 0 spiro atoms. The highest BCUT2D eigenvalue weighted by molar-refractivity contribution is 5.89. The van der Waals surface area contributed by atoms with Gasteiger partial charge in [-0.15, -0.1) is 0 Å². The summed E-state index contributed by atoms with van der Waals surface area (Å²) in [4.78, 5) is 24.7. The highest BCUT2D eigenvalue weighted by Gasteiger charge is 2.48. The Hall–Kier alpha value is -1.98. The standard InChI is InChI=1S/C16H19F2NO3/c1-19(9-2-4-14(20)21)15(22)16(7-3-8-16)12-6-5-11(17)10-13(12)18/h5-6,10H,2-4,7-9H2,1H3,(H,20,21). The first kappa shape index (κ1) is 16.4. The van der Waals surface area contributed by atoms with E-state index in [0.29, 0.717) is 25.8 Å². The zero-order valence-electron chi connectivity index (χ0n) is 12.4. The van der Waals surface area contributed by atoms with Crippen LogP contribution in [0, 0.1) is 11.6 Å². The third kappa shape index (κ3) is 3.10. The summed E-state index contributed by atoms with van der Waals surface area (Å²) in [6.45, 7) is 0.301. The molecule has 1 aliphatic rings. The number of carbonyl (C=O) groups is 2. The van der Waals surface area contributed by atoms with Crippen molar-refractivity contribution in [3.05, 3.63) is 35.4 Å². The largest absolute Gasteiger partial charge is 0.481 e. The van der Waals surface area contributed by atoms with Crippen LogP contribution >= 0.6 is 0 Å². The summed E-state index contributed by atoms with van der Waals surface area (Å²) in [6, 6.07) is 3.30. The number of aliphatic carboxylic acids is 1. The van der Waals surface area contributed by atoms with Gasteiger partial charge in [-0.25, -0.2) is 8.78 Å². The van der Waals surface area contributed by atoms with Crippen molar-refractivity contribution in [3.8, 4) is 0 Å². The summed E-state index contributed by atoms with van der Waals surface area (Å²) >= 11 is 0. The Morgan fingerprint density at radius 1 is 1.32 bits per heavy atom. The van der Waals surface area contributed by atoms with Crippen molar-refractivity contribution < 1.29 is 23.5 Å². The normalized spacial score (nSPS) is 16.0. The second-order valence-electron chi connectivity index (χ2n) is 5.78. The highest BCUT2D eigenvalue weighted by Crippen LogP contribution is 2.46. The smallest absolute Gasteiger partial charge is 0.303 e. The first-order chi connectivity index (χ1) is 10.4. The number of halogens is 2. The van der Waals surface area contributed by atoms with E-state index in [1.807, 2.05) is 0 Å². The minimum absolute atomic E-state index is 0.0183. The number of benzene rings is 1. The van der Waals surface area contributed by atoms with E-state index < -0.39 is 23.0 Å². The van der Waals surface area contributed by atoms with Gasteiger partial charge in [0.05, 0.1) is 5.41 Å². The third-order valence-corrected chi connectivity index (χ3v) is 4.29. The second-order valence-corrected chi connectivity index (χ2v) is 5.78. The first-order valence-electron chi connectivity index (χ1n) is 7.30. The van der Waals surface area contributed by atoms with Gasteiger partial charge < -0.3 is 10.0 Å². The zero-order valence-corrected chi connectivity index (χ0v) is 12.4. The topological polar surface area (TPSA) is 57.6 Å². The van der Waals surface area contributed by atoms with Crippen LogP contribution in [0.25, 0.3) is 0 Å². The van der Waals surface area contributed by atoms with Gasteiger partial charge in [-0.05, 0) is 25.3 Å². The Morgan fingerprint density at radius 2 is 2.00 bits per heavy atom. The van der Waals surface area contributed by atoms with Crippen LogP contribution in [0.1, 0.15) is 37.7 Å². The summed E-state index contributed by atoms with van der Waals surface area (Å²) in [5.74, 6) is -2.51. The molecule has 6 heteroatoms. The Morgan fingerprint density at radius 3 is 2.50 bits per heavy atom. The third-order valence-electron chi connectivity index (χ3n) is 4.29. The maximum Gasteiger partial charge on any atom is 0.303 e. The van der Waals surface area contributed by atoms with E-state index in [-0.39, 0.29) is 17.9 Å². The Bertz CT molecular complexity index is 585. The number of nitrogens with zero attached hydrogens (tertiary/aromatic N) is 1. The molecule has 0 bridgehead atoms. The molecule has 0 saturated heterocycles. The molecule has 0 radical (unpaired) electrons. The lowest BCUT2D eigenvalue weighted by atomic mass is 9.63. The average molecular weight is 311 g/mol. The Balaban J connectivity index is 2.15. The van der Waals surface area contributed by atoms with Crippen LogP contribution in [0.15, 0.2) is 18.2 Å². The summed E-state index contributed by atoms with van der Waals surface area (Å²) in [5, 5.41) is 8.63. The lowest BCUT2D eigenvalue weighted by Crippen LogP contribution is -2.50. The molecule has 2 rings (SSSR count). The predicted octanol–water partition coefficient (Wildman–Crippen LogP) is 2.71. The van der Waals surface area contributed by atoms with E-state index in [9.17, 15) is 18.4 Å². The van der Waals surface area contributed by atoms with Crippen molar-refractivity contribution in [2.45, 2.75) is 37.5 Å². The average Bonchev–Trinajstić information content (AvgIpc) is 2.39. The van der Waals surface area contributed by atoms with Gasteiger partial charge in [0.2, 0.25) is 5.91 Å². The van der Waals surface area contributed by atoms with Gasteiger partial charge in [0.1, 0.15) is 11.6 Å². The number of hydrogen-bond acceptors (Lipinski definition) is 2. The van der Waals surface area contributed by atoms with E-state index in [0.717, 1.165) is 18.6 Å². The molecule has 0 unspecified atom stereocenters. The quantitative estimate of drug-likeness (QED) is 0.879. The monoisotopic (exact) mass is 311 g/mol. The van der Waals surface area contributed by atoms with Crippen molar-refractivity contribution in [1.29, 1.82) is 0 Å². The van der Waals surface area contributed by atoms with Crippen LogP contribution in [0.3, 0.4) is 0 Å². The van der Waals surface area contributed by atoms with Crippen molar-refractivity contribution in [3.63, 3.8) is 0 Å². The molecule has 1 aromatic rings. The number of carboxylic acids is 1. The van der Waals surface area contributed by atoms with E-state index in [1.54, 1.807) is 7.05 Å². The van der Waals surface area contributed by atoms with Crippen LogP contribution in [0.4, 0.5) is 8.78 Å². The molecule has 1 N–H and O–H groups in total. The maximum absolute atomic E-state index is 14.1. The molecule has 1 saturated carbocycles. The summed E-state index contributed by atoms with van der Waals surface area (Å²) in [5.41, 5.74) is -0.703. The van der Waals surface area contributed by atoms with Crippen LogP contribution in [-0.2, 0) is 15.0 Å². The van der Waals surface area contributed by atoms with Crippen molar-refractivity contribution in [2.75, 3.05) is 13.6 Å². The van der Waals surface area contributed by atoms with Crippen molar-refractivity contribution in [1.82, 2.24) is 4.90 Å². The van der Waals surface area contributed by atoms with Gasteiger partial charge in [0.15, 0.2) is 0 Å². The molecule has 1 aromatic carbocycles. The summed E-state index contributed by atoms with van der Waals surface area (Å²) in [6.07, 6.45) is 2.19. The number of carboxylic acid groups (broad SMARTS) is 1. The molecule has 120 valence electrons. The van der Waals surface area contributed by atoms with E-state index >= 15 is 0 Å². The molecule has 0 atom stereocenters. The molecule has 1 aliphatic carbocycles. The molecular formula is C16H19F2NO3. The molecule has 22 heavy (non-hydrogen) atoms. The fraction of sp³-hybridized carbons (Fsp3) is 0.500. The van der Waals surface area contributed by atoms with Crippen molar-refractivity contribution in [2.24, 2.45) is 0 Å². The molecule has 0 aliphatic heterocycles. The molecule has 1 amide bonds. The van der Waals surface area contributed by atoms with Crippen LogP contribution in [0.2, 0.25) is 0 Å². The Kier molecular flexibility index (Phi) is 4.78. The van der Waals surface area contributed by atoms with Crippen LogP contribution < -0.4 is 0 Å². The molecule has 0 aromatic heterocycles. The fourth-order valence-corrected chi connectivity index (χ4v) is 2.94. The minimum atomic E-state index is -0.935. The summed E-state index contributed by atoms with van der Waals surface area (Å²) in [7, 11) is 1.59. The van der Waals surface area contributed by atoms with Gasteiger partial charge in [0.25, 0.3) is 0 Å². The zero-order chi connectivity index (χ0) is 16.3. The maximum atomic E-state index is 14.1. The number of rotatable bonds is 6. The van der Waals surface area contributed by atoms with Gasteiger partial charge in [-0.3, -0.25) is 9.59 Å². The predicted molar refractivity (Wildman–Crippen MR) is 76.4 cm³/mol. The van der Waals surface area contributed by atoms with E-state index in [1.165, 1.54) is 11.0 Å². The number of carbonyl (C=O) groups excluding carboxylic acids is 1. The highest BCUT2D eigenvalue weighted by atomic mass is 19.1. The SMILES string of the molecule is CN(CCCC(=O)O)C(=O)C1(c2ccc(F)cc2F)CCC1. The molecule has 1 fully saturated rings. The van der Waals surface area contributed by atoms with Crippen molar-refractivity contribution >= 4 is 11.9 Å². The fourth-order valence-electron chi connectivity index (χ4n) is 2.94. The van der Waals surface area contributed by atoms with Gasteiger partial charge in [-0.1, -0.05) is 12.5 Å². The second kappa shape index (κ2) is 6.42. The van der Waals surface area contributed by atoms with E-state index in [4.69, 9.17) is 5.11 Å². The molecule has 4 nitrogen and oxygen atoms in total. The van der Waals surface area contributed by atoms with Gasteiger partial charge in [0, 0.05) is 31.6 Å². The lowest BCUT2D eigenvalue weighted by Gasteiger charge is -2.43. The first-order valence-corrected chi connectivity index (χ1v) is 7.30. The number of likely N-dealkylation sites (N-methyl/N-ethyl adjacent to an activating group) is 1. The molecular weight excluding hydrogens is 292 g/mol. The Labute approximate surface area is 127 Å². The number of hydrogen-bond donors (Lipinski definition) is 1. The molecule has 0 heterocycles. The number of amides is 1.